The molecular weight excluding hydrogens is 186 g/mol. The summed E-state index contributed by atoms with van der Waals surface area (Å²) in [4.78, 5) is 0. The van der Waals surface area contributed by atoms with Crippen LogP contribution in [0, 0.1) is 6.92 Å². The first-order chi connectivity index (χ1) is 6.97. The number of ether oxygens (including phenoxy) is 1. The summed E-state index contributed by atoms with van der Waals surface area (Å²) in [6.07, 6.45) is 2.78. The van der Waals surface area contributed by atoms with Crippen molar-refractivity contribution in [3.05, 3.63) is 29.3 Å². The summed E-state index contributed by atoms with van der Waals surface area (Å²) in [5.74, 6) is 0.954. The Kier molecular flexibility index (Phi) is 2.47. The smallest absolute Gasteiger partial charge is 0.124 e. The van der Waals surface area contributed by atoms with Crippen LogP contribution in [0.15, 0.2) is 18.2 Å². The van der Waals surface area contributed by atoms with Gasteiger partial charge in [-0.2, -0.15) is 0 Å². The quantitative estimate of drug-likeness (QED) is 0.823. The van der Waals surface area contributed by atoms with Crippen molar-refractivity contribution in [2.24, 2.45) is 5.73 Å². The number of hydrogen-bond donors (Lipinski definition) is 1. The standard InChI is InChI=1S/C13H19NO/c1-9-4-7-12(15-10-5-6-10)11(8-9)13(2,3)14/h4,7-8,10H,5-6,14H2,1-3H3. The molecule has 0 heterocycles. The fraction of sp³-hybridized carbons (Fsp3) is 0.538. The Morgan fingerprint density at radius 2 is 2.00 bits per heavy atom. The lowest BCUT2D eigenvalue weighted by atomic mass is 9.93. The minimum Gasteiger partial charge on any atom is -0.490 e. The predicted molar refractivity (Wildman–Crippen MR) is 62.0 cm³/mol. The van der Waals surface area contributed by atoms with Crippen LogP contribution in [0.3, 0.4) is 0 Å². The van der Waals surface area contributed by atoms with E-state index in [1.807, 2.05) is 19.9 Å². The maximum atomic E-state index is 6.14. The summed E-state index contributed by atoms with van der Waals surface area (Å²) in [5, 5.41) is 0. The highest BCUT2D eigenvalue weighted by molar-refractivity contribution is 5.41. The van der Waals surface area contributed by atoms with Gasteiger partial charge in [-0.15, -0.1) is 0 Å². The highest BCUT2D eigenvalue weighted by Gasteiger charge is 2.27. The lowest BCUT2D eigenvalue weighted by Gasteiger charge is -2.23. The second-order valence-electron chi connectivity index (χ2n) is 5.04. The van der Waals surface area contributed by atoms with E-state index in [9.17, 15) is 0 Å². The molecule has 1 aromatic rings. The molecule has 0 amide bonds. The van der Waals surface area contributed by atoms with Crippen LogP contribution in [0.5, 0.6) is 5.75 Å². The van der Waals surface area contributed by atoms with Crippen molar-refractivity contribution >= 4 is 0 Å². The van der Waals surface area contributed by atoms with Crippen LogP contribution >= 0.6 is 0 Å². The molecule has 0 unspecified atom stereocenters. The summed E-state index contributed by atoms with van der Waals surface area (Å²) in [6.45, 7) is 6.11. The molecule has 2 rings (SSSR count). The molecule has 1 aliphatic rings. The molecule has 0 atom stereocenters. The van der Waals surface area contributed by atoms with Gasteiger partial charge in [-0.3, -0.25) is 0 Å². The van der Waals surface area contributed by atoms with Crippen molar-refractivity contribution in [2.75, 3.05) is 0 Å². The van der Waals surface area contributed by atoms with Crippen LogP contribution in [0.1, 0.15) is 37.8 Å². The summed E-state index contributed by atoms with van der Waals surface area (Å²) >= 11 is 0. The van der Waals surface area contributed by atoms with Gasteiger partial charge >= 0.3 is 0 Å². The van der Waals surface area contributed by atoms with E-state index in [4.69, 9.17) is 10.5 Å². The van der Waals surface area contributed by atoms with Crippen LogP contribution in [0.4, 0.5) is 0 Å². The van der Waals surface area contributed by atoms with Gasteiger partial charge in [-0.05, 0) is 39.7 Å². The van der Waals surface area contributed by atoms with Crippen LogP contribution in [0.25, 0.3) is 0 Å². The van der Waals surface area contributed by atoms with Gasteiger partial charge in [0.1, 0.15) is 5.75 Å². The van der Waals surface area contributed by atoms with E-state index in [0.717, 1.165) is 11.3 Å². The molecule has 1 saturated carbocycles. The van der Waals surface area contributed by atoms with Crippen molar-refractivity contribution in [1.82, 2.24) is 0 Å². The van der Waals surface area contributed by atoms with Crippen LogP contribution in [0.2, 0.25) is 0 Å². The lowest BCUT2D eigenvalue weighted by Crippen LogP contribution is -2.29. The van der Waals surface area contributed by atoms with Gasteiger partial charge in [0.15, 0.2) is 0 Å². The molecule has 0 radical (unpaired) electrons. The van der Waals surface area contributed by atoms with Gasteiger partial charge in [0, 0.05) is 11.1 Å². The largest absolute Gasteiger partial charge is 0.490 e. The second-order valence-corrected chi connectivity index (χ2v) is 5.04. The number of aryl methyl sites for hydroxylation is 1. The topological polar surface area (TPSA) is 35.2 Å². The van der Waals surface area contributed by atoms with Gasteiger partial charge in [0.2, 0.25) is 0 Å². The molecule has 0 saturated heterocycles. The minimum atomic E-state index is -0.337. The zero-order valence-corrected chi connectivity index (χ0v) is 9.71. The molecule has 15 heavy (non-hydrogen) atoms. The molecule has 0 aliphatic heterocycles. The summed E-state index contributed by atoms with van der Waals surface area (Å²) in [7, 11) is 0. The van der Waals surface area contributed by atoms with Gasteiger partial charge < -0.3 is 10.5 Å². The fourth-order valence-electron chi connectivity index (χ4n) is 1.62. The fourth-order valence-corrected chi connectivity index (χ4v) is 1.62. The van der Waals surface area contributed by atoms with E-state index in [0.29, 0.717) is 6.10 Å². The van der Waals surface area contributed by atoms with Gasteiger partial charge in [-0.25, -0.2) is 0 Å². The molecule has 1 aromatic carbocycles. The third-order valence-electron chi connectivity index (χ3n) is 2.65. The highest BCUT2D eigenvalue weighted by Crippen LogP contribution is 2.33. The summed E-state index contributed by atoms with van der Waals surface area (Å²) in [5.41, 5.74) is 8.14. The van der Waals surface area contributed by atoms with Crippen LogP contribution in [-0.4, -0.2) is 6.10 Å². The molecule has 2 nitrogen and oxygen atoms in total. The second kappa shape index (κ2) is 3.53. The molecule has 0 spiro atoms. The van der Waals surface area contributed by atoms with Gasteiger partial charge in [0.05, 0.1) is 6.10 Å². The van der Waals surface area contributed by atoms with E-state index in [2.05, 4.69) is 19.1 Å². The van der Waals surface area contributed by atoms with Crippen molar-refractivity contribution < 1.29 is 4.74 Å². The Bertz CT molecular complexity index is 361. The van der Waals surface area contributed by atoms with Crippen molar-refractivity contribution in [3.63, 3.8) is 0 Å². The number of nitrogens with two attached hydrogens (primary N) is 1. The maximum absolute atomic E-state index is 6.14. The Labute approximate surface area is 91.4 Å². The zero-order chi connectivity index (χ0) is 11.1. The first-order valence-electron chi connectivity index (χ1n) is 5.53. The first-order valence-corrected chi connectivity index (χ1v) is 5.53. The minimum absolute atomic E-state index is 0.337. The van der Waals surface area contributed by atoms with Crippen molar-refractivity contribution in [3.8, 4) is 5.75 Å². The Hall–Kier alpha value is -1.02. The lowest BCUT2D eigenvalue weighted by molar-refractivity contribution is 0.294. The maximum Gasteiger partial charge on any atom is 0.124 e. The number of benzene rings is 1. The van der Waals surface area contributed by atoms with E-state index in [1.165, 1.54) is 18.4 Å². The van der Waals surface area contributed by atoms with E-state index in [-0.39, 0.29) is 5.54 Å². The molecule has 2 heteroatoms. The van der Waals surface area contributed by atoms with E-state index < -0.39 is 0 Å². The number of rotatable bonds is 3. The molecule has 1 aliphatic carbocycles. The van der Waals surface area contributed by atoms with Gasteiger partial charge in [0.25, 0.3) is 0 Å². The van der Waals surface area contributed by atoms with E-state index >= 15 is 0 Å². The first kappa shape index (κ1) is 10.5. The SMILES string of the molecule is Cc1ccc(OC2CC2)c(C(C)(C)N)c1. The molecular formula is C13H19NO. The third kappa shape index (κ3) is 2.51. The molecule has 1 fully saturated rings. The average molecular weight is 205 g/mol. The Morgan fingerprint density at radius 1 is 1.33 bits per heavy atom. The van der Waals surface area contributed by atoms with Crippen LogP contribution in [-0.2, 0) is 5.54 Å². The Morgan fingerprint density at radius 3 is 2.53 bits per heavy atom. The Balaban J connectivity index is 2.34. The highest BCUT2D eigenvalue weighted by atomic mass is 16.5. The number of hydrogen-bond acceptors (Lipinski definition) is 2. The van der Waals surface area contributed by atoms with E-state index in [1.54, 1.807) is 0 Å². The monoisotopic (exact) mass is 205 g/mol. The predicted octanol–water partition coefficient (Wildman–Crippen LogP) is 2.73. The molecule has 2 N–H and O–H groups in total. The normalized spacial score (nSPS) is 16.5. The van der Waals surface area contributed by atoms with Crippen molar-refractivity contribution in [2.45, 2.75) is 45.3 Å². The zero-order valence-electron chi connectivity index (χ0n) is 9.71. The molecule has 0 bridgehead atoms. The molecule has 0 aromatic heterocycles. The average Bonchev–Trinajstić information content (AvgIpc) is 2.90. The van der Waals surface area contributed by atoms with Crippen molar-refractivity contribution in [1.29, 1.82) is 0 Å². The summed E-state index contributed by atoms with van der Waals surface area (Å²) in [6, 6.07) is 6.24. The van der Waals surface area contributed by atoms with Gasteiger partial charge in [-0.1, -0.05) is 17.7 Å². The third-order valence-corrected chi connectivity index (χ3v) is 2.65. The van der Waals surface area contributed by atoms with Crippen LogP contribution < -0.4 is 10.5 Å². The summed E-state index contributed by atoms with van der Waals surface area (Å²) < 4.78 is 5.86. The molecule has 82 valence electrons.